The van der Waals surface area contributed by atoms with E-state index in [2.05, 4.69) is 80.9 Å². The largest absolute Gasteiger partial charge is 0.348 e. The minimum atomic E-state index is -4.94. The second kappa shape index (κ2) is 7.92. The van der Waals surface area contributed by atoms with Gasteiger partial charge in [-0.1, -0.05) is 30.3 Å². The average Bonchev–Trinajstić information content (AvgIpc) is 2.63. The van der Waals surface area contributed by atoms with E-state index in [1.165, 1.54) is 16.8 Å². The first kappa shape index (κ1) is 22.1. The molecule has 2 atom stereocenters. The molecular weight excluding hydrogens is 398 g/mol. The van der Waals surface area contributed by atoms with Crippen molar-refractivity contribution < 1.29 is 42.9 Å². The molecule has 0 unspecified atom stereocenters. The molecule has 3 heterocycles. The van der Waals surface area contributed by atoms with Crippen molar-refractivity contribution in [2.75, 3.05) is 13.2 Å². The van der Waals surface area contributed by atoms with Gasteiger partial charge >= 0.3 is 0 Å². The zero-order valence-corrected chi connectivity index (χ0v) is 17.7. The Morgan fingerprint density at radius 1 is 0.897 bits per heavy atom. The van der Waals surface area contributed by atoms with E-state index in [4.69, 9.17) is 28.1 Å². The highest BCUT2D eigenvalue weighted by molar-refractivity contribution is 5.45. The summed E-state index contributed by atoms with van der Waals surface area (Å²) in [5, 5.41) is 0. The molecule has 5 rings (SSSR count). The van der Waals surface area contributed by atoms with Gasteiger partial charge in [0.25, 0.3) is 0 Å². The first-order chi connectivity index (χ1) is 13.6. The molecule has 0 amide bonds. The van der Waals surface area contributed by atoms with E-state index in [9.17, 15) is 0 Å². The van der Waals surface area contributed by atoms with Gasteiger partial charge in [-0.25, -0.2) is 18.6 Å². The number of fused-ring (bicyclic) bond motifs is 1. The van der Waals surface area contributed by atoms with Crippen molar-refractivity contribution >= 4 is 0 Å². The lowest BCUT2D eigenvalue weighted by Gasteiger charge is -2.57. The Bertz CT molecular complexity index is 807. The van der Waals surface area contributed by atoms with Crippen molar-refractivity contribution in [1.29, 1.82) is 0 Å². The molecule has 2 aliphatic heterocycles. The summed E-state index contributed by atoms with van der Waals surface area (Å²) in [6.07, 6.45) is 2.20. The summed E-state index contributed by atoms with van der Waals surface area (Å²) >= 11 is 0. The molecule has 0 fully saturated rings. The predicted octanol–water partition coefficient (Wildman–Crippen LogP) is -0.938. The molecule has 1 aromatic heterocycles. The molecule has 2 aromatic rings. The second-order valence-corrected chi connectivity index (χ2v) is 8.39. The maximum Gasteiger partial charge on any atom is 0.196 e. The standard InChI is InChI=1S/C21H26NO2.ClHO4/c1-5-23-21(24-6-2)18-15-11-7-8-12-16(15)19(20(21,3)4)22-14-10-9-13-17(18)22;2-1(3,4)5/h7-14,18-19H,5-6H2,1-4H3;(H,2,3,4,5)/q+1;/p-1/t18-,19-;/m0./s1. The lowest BCUT2D eigenvalue weighted by molar-refractivity contribution is -2.00. The topological polar surface area (TPSA) is 115 Å². The van der Waals surface area contributed by atoms with Crippen molar-refractivity contribution in [2.45, 2.75) is 45.4 Å². The highest BCUT2D eigenvalue weighted by atomic mass is 35.7. The second-order valence-electron chi connectivity index (χ2n) is 7.63. The molecule has 0 spiro atoms. The van der Waals surface area contributed by atoms with Gasteiger partial charge in [0.05, 0.1) is 5.41 Å². The number of hydrogen-bond acceptors (Lipinski definition) is 6. The van der Waals surface area contributed by atoms with Crippen molar-refractivity contribution in [3.05, 3.63) is 65.5 Å². The van der Waals surface area contributed by atoms with E-state index in [1.807, 2.05) is 0 Å². The van der Waals surface area contributed by atoms with Gasteiger partial charge in [-0.2, -0.15) is 4.57 Å². The monoisotopic (exact) mass is 423 g/mol. The fourth-order valence-corrected chi connectivity index (χ4v) is 4.99. The Morgan fingerprint density at radius 2 is 1.41 bits per heavy atom. The molecule has 0 radical (unpaired) electrons. The fourth-order valence-electron chi connectivity index (χ4n) is 4.99. The smallest absolute Gasteiger partial charge is 0.196 e. The Morgan fingerprint density at radius 3 is 1.97 bits per heavy atom. The van der Waals surface area contributed by atoms with E-state index in [0.717, 1.165) is 0 Å². The number of benzene rings is 1. The van der Waals surface area contributed by atoms with Crippen LogP contribution in [0.2, 0.25) is 0 Å². The van der Waals surface area contributed by atoms with Crippen LogP contribution in [0.5, 0.6) is 0 Å². The molecule has 8 heteroatoms. The average molecular weight is 424 g/mol. The zero-order chi connectivity index (χ0) is 21.4. The normalized spacial score (nSPS) is 22.9. The van der Waals surface area contributed by atoms with Crippen LogP contribution < -0.4 is 23.2 Å². The fraction of sp³-hybridized carbons (Fsp3) is 0.476. The number of pyridine rings is 1. The van der Waals surface area contributed by atoms with E-state index < -0.39 is 16.0 Å². The summed E-state index contributed by atoms with van der Waals surface area (Å²) in [7, 11) is -4.94. The Labute approximate surface area is 172 Å². The van der Waals surface area contributed by atoms with Crippen LogP contribution in [0.3, 0.4) is 0 Å². The number of halogens is 1. The molecule has 2 bridgehead atoms. The van der Waals surface area contributed by atoms with E-state index in [0.29, 0.717) is 13.2 Å². The lowest BCUT2D eigenvalue weighted by Crippen LogP contribution is -2.71. The van der Waals surface area contributed by atoms with E-state index in [1.54, 1.807) is 0 Å². The molecule has 1 aromatic carbocycles. The van der Waals surface area contributed by atoms with Gasteiger partial charge in [0.15, 0.2) is 23.7 Å². The van der Waals surface area contributed by atoms with Crippen LogP contribution in [-0.2, 0) is 9.47 Å². The Kier molecular flexibility index (Phi) is 6.04. The van der Waals surface area contributed by atoms with Crippen LogP contribution in [0.4, 0.5) is 0 Å². The Balaban J connectivity index is 0.000000431. The number of nitrogens with zero attached hydrogens (tertiary/aromatic N) is 1. The first-order valence-electron chi connectivity index (χ1n) is 9.57. The highest BCUT2D eigenvalue weighted by Crippen LogP contribution is 2.61. The van der Waals surface area contributed by atoms with E-state index >= 15 is 0 Å². The van der Waals surface area contributed by atoms with Crippen molar-refractivity contribution in [1.82, 2.24) is 0 Å². The van der Waals surface area contributed by atoms with Gasteiger partial charge in [-0.15, -0.1) is 10.2 Å². The molecule has 0 N–H and O–H groups in total. The van der Waals surface area contributed by atoms with Crippen LogP contribution >= 0.6 is 0 Å². The third-order valence-corrected chi connectivity index (χ3v) is 5.78. The molecule has 158 valence electrons. The van der Waals surface area contributed by atoms with Crippen molar-refractivity contribution in [3.63, 3.8) is 0 Å². The molecule has 3 aliphatic rings. The molecule has 0 saturated carbocycles. The van der Waals surface area contributed by atoms with Gasteiger partial charge in [-0.05, 0) is 33.3 Å². The minimum absolute atomic E-state index is 0.0785. The van der Waals surface area contributed by atoms with Crippen LogP contribution in [0.25, 0.3) is 0 Å². The SMILES string of the molecule is CCOC1(OCC)[C@H]2c3ccccc3[C@H]([n+]3ccccc32)C1(C)C.[O-][Cl+3]([O-])([O-])[O-]. The van der Waals surface area contributed by atoms with Crippen molar-refractivity contribution in [3.8, 4) is 0 Å². The van der Waals surface area contributed by atoms with Crippen LogP contribution in [-0.4, -0.2) is 19.0 Å². The van der Waals surface area contributed by atoms with Gasteiger partial charge in [0.2, 0.25) is 0 Å². The number of ether oxygens (including phenoxy) is 2. The molecule has 1 aliphatic carbocycles. The first-order valence-corrected chi connectivity index (χ1v) is 10.8. The maximum atomic E-state index is 8.49. The summed E-state index contributed by atoms with van der Waals surface area (Å²) in [4.78, 5) is 0. The third kappa shape index (κ3) is 3.68. The molecular formula is C21H26ClNO6. The highest BCUT2D eigenvalue weighted by Gasteiger charge is 2.70. The summed E-state index contributed by atoms with van der Waals surface area (Å²) in [6, 6.07) is 15.4. The number of aromatic nitrogens is 1. The van der Waals surface area contributed by atoms with Crippen LogP contribution in [0.1, 0.15) is 56.5 Å². The quantitative estimate of drug-likeness (QED) is 0.463. The summed E-state index contributed by atoms with van der Waals surface area (Å²) in [6.45, 7) is 9.97. The number of rotatable bonds is 4. The van der Waals surface area contributed by atoms with Gasteiger partial charge in [0.1, 0.15) is 5.92 Å². The Hall–Kier alpha value is -1.58. The van der Waals surface area contributed by atoms with Gasteiger partial charge in [0, 0.05) is 30.9 Å². The third-order valence-electron chi connectivity index (χ3n) is 5.78. The van der Waals surface area contributed by atoms with Gasteiger partial charge in [-0.3, -0.25) is 0 Å². The zero-order valence-electron chi connectivity index (χ0n) is 17.0. The minimum Gasteiger partial charge on any atom is -0.348 e. The summed E-state index contributed by atoms with van der Waals surface area (Å²) < 4.78 is 49.3. The molecule has 29 heavy (non-hydrogen) atoms. The molecule has 0 saturated heterocycles. The van der Waals surface area contributed by atoms with Crippen molar-refractivity contribution in [2.24, 2.45) is 5.41 Å². The number of hydrogen-bond donors (Lipinski definition) is 0. The van der Waals surface area contributed by atoms with E-state index in [-0.39, 0.29) is 17.4 Å². The predicted molar refractivity (Wildman–Crippen MR) is 92.8 cm³/mol. The van der Waals surface area contributed by atoms with Gasteiger partial charge < -0.3 is 9.47 Å². The summed E-state index contributed by atoms with van der Waals surface area (Å²) in [5.41, 5.74) is 3.83. The maximum absolute atomic E-state index is 8.49. The lowest BCUT2D eigenvalue weighted by atomic mass is 9.57. The summed E-state index contributed by atoms with van der Waals surface area (Å²) in [5.74, 6) is -0.563. The van der Waals surface area contributed by atoms with Crippen LogP contribution in [0.15, 0.2) is 48.7 Å². The molecule has 7 nitrogen and oxygen atoms in total. The van der Waals surface area contributed by atoms with Crippen LogP contribution in [0, 0.1) is 15.7 Å².